The van der Waals surface area contributed by atoms with Crippen molar-refractivity contribution in [3.8, 4) is 16.2 Å². The van der Waals surface area contributed by atoms with Gasteiger partial charge in [-0.1, -0.05) is 17.8 Å². The van der Waals surface area contributed by atoms with Crippen LogP contribution in [0.3, 0.4) is 0 Å². The number of phenols is 1. The summed E-state index contributed by atoms with van der Waals surface area (Å²) in [6, 6.07) is 8.73. The summed E-state index contributed by atoms with van der Waals surface area (Å²) in [5.41, 5.74) is 2.01. The third-order valence-corrected chi connectivity index (χ3v) is 7.99. The van der Waals surface area contributed by atoms with Gasteiger partial charge in [-0.3, -0.25) is 9.36 Å². The molecule has 0 atom stereocenters. The molecule has 1 aromatic carbocycles. The van der Waals surface area contributed by atoms with Crippen molar-refractivity contribution in [2.45, 2.75) is 17.8 Å². The second-order valence-electron chi connectivity index (χ2n) is 7.03. The highest BCUT2D eigenvalue weighted by Crippen LogP contribution is 2.35. The molecule has 5 rings (SSSR count). The number of hydrogen-bond acceptors (Lipinski definition) is 8. The molecule has 156 valence electrons. The lowest BCUT2D eigenvalue weighted by molar-refractivity contribution is 0.468. The van der Waals surface area contributed by atoms with Crippen molar-refractivity contribution in [3.05, 3.63) is 73.0 Å². The summed E-state index contributed by atoms with van der Waals surface area (Å²) in [6.07, 6.45) is 0. The van der Waals surface area contributed by atoms with E-state index in [0.717, 1.165) is 21.4 Å². The fraction of sp³-hybridized carbons (Fsp3) is 0.136. The molecule has 31 heavy (non-hydrogen) atoms. The number of thiophene rings is 2. The summed E-state index contributed by atoms with van der Waals surface area (Å²) in [5.74, 6) is 0.510. The Morgan fingerprint density at radius 1 is 1.23 bits per heavy atom. The number of aryl methyl sites for hydroxylation is 1. The molecule has 0 unspecified atom stereocenters. The van der Waals surface area contributed by atoms with E-state index >= 15 is 0 Å². The lowest BCUT2D eigenvalue weighted by Crippen LogP contribution is -2.19. The zero-order valence-corrected chi connectivity index (χ0v) is 19.0. The van der Waals surface area contributed by atoms with Crippen LogP contribution in [0, 0.1) is 6.92 Å². The molecule has 0 saturated carbocycles. The highest BCUT2D eigenvalue weighted by Gasteiger charge is 2.17. The second kappa shape index (κ2) is 7.67. The van der Waals surface area contributed by atoms with Gasteiger partial charge >= 0.3 is 5.63 Å². The van der Waals surface area contributed by atoms with Crippen molar-refractivity contribution in [1.82, 2.24) is 9.55 Å². The van der Waals surface area contributed by atoms with Crippen LogP contribution in [0.15, 0.2) is 60.3 Å². The molecule has 4 aromatic heterocycles. The molecule has 5 aromatic rings. The molecule has 0 bridgehead atoms. The van der Waals surface area contributed by atoms with Crippen LogP contribution < -0.4 is 11.2 Å². The number of benzene rings is 1. The van der Waals surface area contributed by atoms with Crippen molar-refractivity contribution < 1.29 is 9.52 Å². The van der Waals surface area contributed by atoms with Crippen molar-refractivity contribution in [2.24, 2.45) is 7.05 Å². The number of hydrogen-bond donors (Lipinski definition) is 1. The van der Waals surface area contributed by atoms with E-state index in [1.165, 1.54) is 29.2 Å². The van der Waals surface area contributed by atoms with Crippen LogP contribution in [0.25, 0.3) is 31.6 Å². The minimum atomic E-state index is -0.479. The first-order valence-electron chi connectivity index (χ1n) is 9.34. The lowest BCUT2D eigenvalue weighted by atomic mass is 10.1. The van der Waals surface area contributed by atoms with E-state index < -0.39 is 5.63 Å². The van der Waals surface area contributed by atoms with Gasteiger partial charge in [-0.15, -0.1) is 22.7 Å². The first-order valence-corrected chi connectivity index (χ1v) is 12.1. The van der Waals surface area contributed by atoms with E-state index in [2.05, 4.69) is 0 Å². The molecular weight excluding hydrogens is 452 g/mol. The fourth-order valence-electron chi connectivity index (χ4n) is 3.47. The van der Waals surface area contributed by atoms with Gasteiger partial charge in [-0.25, -0.2) is 9.78 Å². The molecular formula is C22H16N2O4S3. The van der Waals surface area contributed by atoms with Crippen LogP contribution in [0.1, 0.15) is 11.1 Å². The van der Waals surface area contributed by atoms with Crippen LogP contribution in [-0.2, 0) is 12.8 Å². The van der Waals surface area contributed by atoms with Crippen molar-refractivity contribution in [2.75, 3.05) is 0 Å². The summed E-state index contributed by atoms with van der Waals surface area (Å²) < 4.78 is 6.87. The minimum absolute atomic E-state index is 0.0780. The monoisotopic (exact) mass is 468 g/mol. The number of phenolic OH excluding ortho intramolecular Hbond substituents is 1. The summed E-state index contributed by atoms with van der Waals surface area (Å²) in [4.78, 5) is 31.7. The van der Waals surface area contributed by atoms with E-state index in [4.69, 9.17) is 9.40 Å². The van der Waals surface area contributed by atoms with Crippen molar-refractivity contribution >= 4 is 55.6 Å². The van der Waals surface area contributed by atoms with Crippen LogP contribution >= 0.6 is 34.4 Å². The Morgan fingerprint density at radius 2 is 2.06 bits per heavy atom. The number of fused-ring (bicyclic) bond motifs is 2. The van der Waals surface area contributed by atoms with Gasteiger partial charge in [0.2, 0.25) is 0 Å². The van der Waals surface area contributed by atoms with Gasteiger partial charge in [0.1, 0.15) is 16.2 Å². The average molecular weight is 469 g/mol. The lowest BCUT2D eigenvalue weighted by Gasteiger charge is -2.10. The van der Waals surface area contributed by atoms with Gasteiger partial charge in [-0.2, -0.15) is 0 Å². The topological polar surface area (TPSA) is 85.3 Å². The smallest absolute Gasteiger partial charge is 0.336 e. The Balaban J connectivity index is 1.55. The first-order chi connectivity index (χ1) is 14.9. The van der Waals surface area contributed by atoms with Crippen LogP contribution in [0.4, 0.5) is 0 Å². The fourth-order valence-corrected chi connectivity index (χ4v) is 6.24. The standard InChI is InChI=1S/C22H16N2O4S3/c1-11-15(25)6-5-13-12(8-17(26)28-19(11)13)9-31-22-23-20-18(21(27)24(22)2)14(10-30-20)16-4-3-7-29-16/h3-8,10,25H,9H2,1-2H3. The zero-order chi connectivity index (χ0) is 21.7. The predicted octanol–water partition coefficient (Wildman–Crippen LogP) is 5.14. The molecule has 6 nitrogen and oxygen atoms in total. The number of aromatic nitrogens is 2. The third-order valence-electron chi connectivity index (χ3n) is 5.14. The van der Waals surface area contributed by atoms with E-state index in [1.54, 1.807) is 42.0 Å². The second-order valence-corrected chi connectivity index (χ2v) is 9.78. The Morgan fingerprint density at radius 3 is 2.84 bits per heavy atom. The molecule has 0 fully saturated rings. The van der Waals surface area contributed by atoms with Crippen molar-refractivity contribution in [1.29, 1.82) is 0 Å². The molecule has 0 spiro atoms. The number of rotatable bonds is 4. The van der Waals surface area contributed by atoms with Crippen LogP contribution in [-0.4, -0.2) is 14.7 Å². The van der Waals surface area contributed by atoms with Crippen LogP contribution in [0.5, 0.6) is 5.75 Å². The number of nitrogens with zero attached hydrogens (tertiary/aromatic N) is 2. The zero-order valence-electron chi connectivity index (χ0n) is 16.5. The molecule has 0 amide bonds. The molecule has 0 saturated heterocycles. The van der Waals surface area contributed by atoms with Crippen LogP contribution in [0.2, 0.25) is 0 Å². The van der Waals surface area contributed by atoms with Gasteiger partial charge < -0.3 is 9.52 Å². The highest BCUT2D eigenvalue weighted by molar-refractivity contribution is 7.98. The summed E-state index contributed by atoms with van der Waals surface area (Å²) >= 11 is 4.44. The summed E-state index contributed by atoms with van der Waals surface area (Å²) in [7, 11) is 1.71. The third kappa shape index (κ3) is 3.38. The number of aromatic hydroxyl groups is 1. The quantitative estimate of drug-likeness (QED) is 0.223. The molecule has 9 heteroatoms. The SMILES string of the molecule is Cc1c(O)ccc2c(CSc3nc4scc(-c5cccs5)c4c(=O)n3C)cc(=O)oc12. The largest absolute Gasteiger partial charge is 0.508 e. The average Bonchev–Trinajstić information content (AvgIpc) is 3.42. The molecule has 0 radical (unpaired) electrons. The normalized spacial score (nSPS) is 11.5. The van der Waals surface area contributed by atoms with Gasteiger partial charge in [-0.05, 0) is 36.1 Å². The van der Waals surface area contributed by atoms with E-state index in [9.17, 15) is 14.7 Å². The molecule has 4 heterocycles. The highest BCUT2D eigenvalue weighted by atomic mass is 32.2. The molecule has 1 N–H and O–H groups in total. The first kappa shape index (κ1) is 20.0. The summed E-state index contributed by atoms with van der Waals surface area (Å²) in [5, 5.41) is 15.9. The maximum atomic E-state index is 13.1. The maximum Gasteiger partial charge on any atom is 0.336 e. The molecule has 0 aliphatic heterocycles. The molecule has 0 aliphatic rings. The van der Waals surface area contributed by atoms with Gasteiger partial charge in [0.25, 0.3) is 5.56 Å². The van der Waals surface area contributed by atoms with E-state index in [0.29, 0.717) is 32.3 Å². The van der Waals surface area contributed by atoms with Gasteiger partial charge in [0, 0.05) is 45.6 Å². The summed E-state index contributed by atoms with van der Waals surface area (Å²) in [6.45, 7) is 1.71. The van der Waals surface area contributed by atoms with Gasteiger partial charge in [0.15, 0.2) is 5.16 Å². The Hall–Kier alpha value is -2.88. The Bertz CT molecular complexity index is 1560. The van der Waals surface area contributed by atoms with Gasteiger partial charge in [0.05, 0.1) is 5.39 Å². The minimum Gasteiger partial charge on any atom is -0.508 e. The van der Waals surface area contributed by atoms with E-state index in [1.807, 2.05) is 22.9 Å². The molecule has 0 aliphatic carbocycles. The predicted molar refractivity (Wildman–Crippen MR) is 127 cm³/mol. The Kier molecular flexibility index (Phi) is 4.96. The Labute approximate surface area is 188 Å². The maximum absolute atomic E-state index is 13.1. The van der Waals surface area contributed by atoms with E-state index in [-0.39, 0.29) is 11.3 Å². The van der Waals surface area contributed by atoms with Crippen molar-refractivity contribution in [3.63, 3.8) is 0 Å². The number of thioether (sulfide) groups is 1.